The molecule has 0 bridgehead atoms. The molecule has 4 aromatic rings. The van der Waals surface area contributed by atoms with Gasteiger partial charge in [0.2, 0.25) is 20.4 Å². The van der Waals surface area contributed by atoms with Crippen molar-refractivity contribution < 1.29 is 56.8 Å². The van der Waals surface area contributed by atoms with Gasteiger partial charge in [-0.25, -0.2) is 0 Å². The van der Waals surface area contributed by atoms with E-state index in [0.29, 0.717) is 109 Å². The van der Waals surface area contributed by atoms with E-state index in [9.17, 15) is 0 Å². The van der Waals surface area contributed by atoms with Gasteiger partial charge in [0.1, 0.15) is 69.0 Å². The molecule has 276 valence electrons. The molecule has 0 aromatic heterocycles. The van der Waals surface area contributed by atoms with Crippen LogP contribution in [-0.2, 0) is 0 Å². The molecule has 12 heteroatoms. The summed E-state index contributed by atoms with van der Waals surface area (Å²) in [5.74, 6) is 6.61. The second-order valence-electron chi connectivity index (χ2n) is 10.4. The second-order valence-corrected chi connectivity index (χ2v) is 10.4. The maximum atomic E-state index is 5.98. The summed E-state index contributed by atoms with van der Waals surface area (Å²) < 4.78 is 69.6. The predicted octanol–water partition coefficient (Wildman–Crippen LogP) is 8.32. The SMILES string of the molecule is CCOc1cc(OCC)cc(OCOc2cc(OCOc3cc(OCC)cc(OCC)c3)cc(OCOc3cc(OCC)cc(OCC)c3)c2)c1. The van der Waals surface area contributed by atoms with Crippen molar-refractivity contribution in [3.63, 3.8) is 0 Å². The Balaban J connectivity index is 1.47. The Labute approximate surface area is 299 Å². The predicted molar refractivity (Wildman–Crippen MR) is 191 cm³/mol. The molecule has 0 fully saturated rings. The van der Waals surface area contributed by atoms with E-state index in [1.54, 1.807) is 54.6 Å². The Hall–Kier alpha value is -5.52. The standard InChI is InChI=1S/C39H48O12/c1-7-40-28-13-29(41-8-2)17-34(16-28)46-25-49-37-22-38(50-26-47-35-18-30(42-9-3)14-31(19-35)43-10-4)24-39(23-37)51-27-48-36-20-32(44-11-5)15-33(21-36)45-12-6/h13-24H,7-12,25-27H2,1-6H3. The Bertz CT molecular complexity index is 1350. The van der Waals surface area contributed by atoms with Crippen LogP contribution in [-0.4, -0.2) is 60.0 Å². The Morgan fingerprint density at radius 1 is 0.216 bits per heavy atom. The Morgan fingerprint density at radius 3 is 0.451 bits per heavy atom. The zero-order chi connectivity index (χ0) is 36.3. The Kier molecular flexibility index (Phi) is 15.7. The molecule has 51 heavy (non-hydrogen) atoms. The lowest BCUT2D eigenvalue weighted by Gasteiger charge is -2.16. The van der Waals surface area contributed by atoms with Gasteiger partial charge in [0.05, 0.1) is 39.6 Å². The van der Waals surface area contributed by atoms with Crippen molar-refractivity contribution in [2.24, 2.45) is 0 Å². The normalized spacial score (nSPS) is 10.5. The van der Waals surface area contributed by atoms with Gasteiger partial charge in [-0.15, -0.1) is 0 Å². The summed E-state index contributed by atoms with van der Waals surface area (Å²) in [6.45, 7) is 14.1. The van der Waals surface area contributed by atoms with Gasteiger partial charge in [-0.05, 0) is 41.5 Å². The molecular formula is C39H48O12. The lowest BCUT2D eigenvalue weighted by molar-refractivity contribution is 0.105. The largest absolute Gasteiger partial charge is 0.494 e. The molecule has 0 N–H and O–H groups in total. The summed E-state index contributed by atoms with van der Waals surface area (Å²) in [6.07, 6.45) is 0. The third-order valence-electron chi connectivity index (χ3n) is 6.63. The summed E-state index contributed by atoms with van der Waals surface area (Å²) in [7, 11) is 0. The van der Waals surface area contributed by atoms with Crippen LogP contribution in [0.15, 0.2) is 72.8 Å². The van der Waals surface area contributed by atoms with Crippen molar-refractivity contribution >= 4 is 0 Å². The maximum absolute atomic E-state index is 5.98. The number of rotatable bonds is 24. The van der Waals surface area contributed by atoms with Crippen molar-refractivity contribution in [1.82, 2.24) is 0 Å². The van der Waals surface area contributed by atoms with Crippen LogP contribution in [0.5, 0.6) is 69.0 Å². The zero-order valence-electron chi connectivity index (χ0n) is 30.2. The Morgan fingerprint density at radius 2 is 0.333 bits per heavy atom. The molecule has 4 rings (SSSR count). The van der Waals surface area contributed by atoms with Crippen molar-refractivity contribution in [3.8, 4) is 69.0 Å². The van der Waals surface area contributed by atoms with Crippen molar-refractivity contribution in [3.05, 3.63) is 72.8 Å². The van der Waals surface area contributed by atoms with Gasteiger partial charge in [0.25, 0.3) is 0 Å². The third-order valence-corrected chi connectivity index (χ3v) is 6.63. The van der Waals surface area contributed by atoms with Gasteiger partial charge in [0.15, 0.2) is 0 Å². The fraction of sp³-hybridized carbons (Fsp3) is 0.385. The van der Waals surface area contributed by atoms with E-state index in [1.807, 2.05) is 59.7 Å². The van der Waals surface area contributed by atoms with E-state index < -0.39 is 0 Å². The lowest BCUT2D eigenvalue weighted by Crippen LogP contribution is -2.10. The van der Waals surface area contributed by atoms with Crippen LogP contribution in [0.3, 0.4) is 0 Å². The molecule has 0 saturated carbocycles. The molecule has 0 amide bonds. The van der Waals surface area contributed by atoms with Crippen LogP contribution in [0.1, 0.15) is 41.5 Å². The number of hydrogen-bond acceptors (Lipinski definition) is 12. The van der Waals surface area contributed by atoms with E-state index in [2.05, 4.69) is 0 Å². The van der Waals surface area contributed by atoms with E-state index >= 15 is 0 Å². The number of benzene rings is 4. The topological polar surface area (TPSA) is 111 Å². The highest BCUT2D eigenvalue weighted by atomic mass is 16.7. The molecule has 0 heterocycles. The average molecular weight is 709 g/mol. The average Bonchev–Trinajstić information content (AvgIpc) is 3.09. The molecule has 0 unspecified atom stereocenters. The fourth-order valence-electron chi connectivity index (χ4n) is 4.68. The molecule has 0 aliphatic rings. The molecule has 4 aromatic carbocycles. The molecule has 0 aliphatic carbocycles. The van der Waals surface area contributed by atoms with Crippen LogP contribution in [0, 0.1) is 0 Å². The van der Waals surface area contributed by atoms with Gasteiger partial charge in [-0.3, -0.25) is 0 Å². The first-order chi connectivity index (χ1) is 24.9. The molecule has 0 saturated heterocycles. The minimum absolute atomic E-state index is 0.119. The highest BCUT2D eigenvalue weighted by Crippen LogP contribution is 2.33. The summed E-state index contributed by atoms with van der Waals surface area (Å²) >= 11 is 0. The van der Waals surface area contributed by atoms with Crippen LogP contribution >= 0.6 is 0 Å². The van der Waals surface area contributed by atoms with Gasteiger partial charge in [-0.2, -0.15) is 0 Å². The number of ether oxygens (including phenoxy) is 12. The first-order valence-electron chi connectivity index (χ1n) is 17.1. The second kappa shape index (κ2) is 20.9. The lowest BCUT2D eigenvalue weighted by atomic mass is 10.3. The first-order valence-corrected chi connectivity index (χ1v) is 17.1. The molecule has 0 radical (unpaired) electrons. The summed E-state index contributed by atoms with van der Waals surface area (Å²) in [5, 5.41) is 0. The van der Waals surface area contributed by atoms with E-state index in [4.69, 9.17) is 56.8 Å². The van der Waals surface area contributed by atoms with Gasteiger partial charge in [0, 0.05) is 72.8 Å². The zero-order valence-corrected chi connectivity index (χ0v) is 30.2. The number of hydrogen-bond donors (Lipinski definition) is 0. The quantitative estimate of drug-likeness (QED) is 0.0653. The maximum Gasteiger partial charge on any atom is 0.230 e. The van der Waals surface area contributed by atoms with Gasteiger partial charge in [-0.1, -0.05) is 0 Å². The molecule has 12 nitrogen and oxygen atoms in total. The summed E-state index contributed by atoms with van der Waals surface area (Å²) in [4.78, 5) is 0. The van der Waals surface area contributed by atoms with Crippen LogP contribution in [0.4, 0.5) is 0 Å². The summed E-state index contributed by atoms with van der Waals surface area (Å²) in [6, 6.07) is 21.2. The third kappa shape index (κ3) is 13.0. The smallest absolute Gasteiger partial charge is 0.230 e. The van der Waals surface area contributed by atoms with Gasteiger partial charge >= 0.3 is 0 Å². The molecular weight excluding hydrogens is 660 g/mol. The van der Waals surface area contributed by atoms with Crippen LogP contribution in [0.25, 0.3) is 0 Å². The molecule has 0 atom stereocenters. The fourth-order valence-corrected chi connectivity index (χ4v) is 4.68. The minimum Gasteiger partial charge on any atom is -0.494 e. The van der Waals surface area contributed by atoms with Crippen LogP contribution < -0.4 is 56.8 Å². The van der Waals surface area contributed by atoms with Crippen molar-refractivity contribution in [1.29, 1.82) is 0 Å². The van der Waals surface area contributed by atoms with Crippen LogP contribution in [0.2, 0.25) is 0 Å². The molecule has 0 spiro atoms. The van der Waals surface area contributed by atoms with Crippen molar-refractivity contribution in [2.45, 2.75) is 41.5 Å². The monoisotopic (exact) mass is 708 g/mol. The van der Waals surface area contributed by atoms with E-state index in [0.717, 1.165) is 0 Å². The highest BCUT2D eigenvalue weighted by molar-refractivity contribution is 5.45. The van der Waals surface area contributed by atoms with Gasteiger partial charge < -0.3 is 56.8 Å². The summed E-state index contributed by atoms with van der Waals surface area (Å²) in [5.41, 5.74) is 0. The first kappa shape index (κ1) is 38.3. The van der Waals surface area contributed by atoms with E-state index in [-0.39, 0.29) is 20.4 Å². The molecule has 0 aliphatic heterocycles. The highest BCUT2D eigenvalue weighted by Gasteiger charge is 2.10. The minimum atomic E-state index is -0.119. The van der Waals surface area contributed by atoms with E-state index in [1.165, 1.54) is 0 Å². The van der Waals surface area contributed by atoms with Crippen molar-refractivity contribution in [2.75, 3.05) is 60.0 Å².